The number of carboxylic acid groups (broad SMARTS) is 1. The summed E-state index contributed by atoms with van der Waals surface area (Å²) in [5.41, 5.74) is -2.74. The minimum absolute atomic E-state index is 0.690. The number of rotatable bonds is 1. The Morgan fingerprint density at radius 3 is 2.38 bits per heavy atom. The summed E-state index contributed by atoms with van der Waals surface area (Å²) in [6.07, 6.45) is 0. The van der Waals surface area contributed by atoms with Gasteiger partial charge in [0.1, 0.15) is 6.07 Å². The molecule has 3 nitrogen and oxygen atoms in total. The highest BCUT2D eigenvalue weighted by atomic mass is 19.1. The number of hydrogen-bond acceptors (Lipinski definition) is 2. The molecule has 44 valence electrons. The van der Waals surface area contributed by atoms with E-state index >= 15 is 0 Å². The molecule has 0 saturated heterocycles. The zero-order valence-electron chi connectivity index (χ0n) is 4.18. The lowest BCUT2D eigenvalue weighted by Crippen LogP contribution is -2.27. The smallest absolute Gasteiger partial charge is 0.356 e. The summed E-state index contributed by atoms with van der Waals surface area (Å²) in [4.78, 5) is 9.65. The maximum atomic E-state index is 12.0. The van der Waals surface area contributed by atoms with Crippen molar-refractivity contribution in [2.45, 2.75) is 12.6 Å². The van der Waals surface area contributed by atoms with E-state index in [4.69, 9.17) is 10.4 Å². The Kier molecular flexibility index (Phi) is 1.53. The number of nitrogens with zero attached hydrogens (tertiary/aromatic N) is 1. The molecule has 0 aliphatic rings. The number of nitriles is 1. The predicted octanol–water partition coefficient (Wildman–Crippen LogP) is 0.323. The summed E-state index contributed by atoms with van der Waals surface area (Å²) < 4.78 is 12.0. The highest BCUT2D eigenvalue weighted by Crippen LogP contribution is 2.06. The Labute approximate surface area is 45.3 Å². The summed E-state index contributed by atoms with van der Waals surface area (Å²) in [6, 6.07) is 0.975. The molecule has 8 heavy (non-hydrogen) atoms. The third-order valence-corrected chi connectivity index (χ3v) is 0.612. The van der Waals surface area contributed by atoms with Crippen molar-refractivity contribution in [1.29, 1.82) is 5.26 Å². The van der Waals surface area contributed by atoms with Crippen LogP contribution in [0.2, 0.25) is 0 Å². The summed E-state index contributed by atoms with van der Waals surface area (Å²) in [6.45, 7) is 0.690. The predicted molar refractivity (Wildman–Crippen MR) is 22.8 cm³/mol. The van der Waals surface area contributed by atoms with Crippen LogP contribution in [0.25, 0.3) is 0 Å². The van der Waals surface area contributed by atoms with Gasteiger partial charge in [-0.1, -0.05) is 0 Å². The zero-order valence-corrected chi connectivity index (χ0v) is 4.18. The van der Waals surface area contributed by atoms with Crippen molar-refractivity contribution >= 4 is 5.97 Å². The van der Waals surface area contributed by atoms with Crippen molar-refractivity contribution in [3.05, 3.63) is 0 Å². The third kappa shape index (κ3) is 1.19. The molecule has 0 rings (SSSR count). The highest BCUT2D eigenvalue weighted by molar-refractivity contribution is 5.80. The van der Waals surface area contributed by atoms with Gasteiger partial charge in [-0.2, -0.15) is 5.26 Å². The first-order valence-electron chi connectivity index (χ1n) is 1.84. The van der Waals surface area contributed by atoms with Gasteiger partial charge in [0.2, 0.25) is 0 Å². The molecule has 0 heterocycles. The van der Waals surface area contributed by atoms with Crippen LogP contribution in [0.4, 0.5) is 4.39 Å². The Morgan fingerprint density at radius 1 is 2.00 bits per heavy atom. The van der Waals surface area contributed by atoms with Gasteiger partial charge in [0.25, 0.3) is 5.67 Å². The Morgan fingerprint density at radius 2 is 2.38 bits per heavy atom. The molecule has 4 heteroatoms. The minimum Gasteiger partial charge on any atom is -0.478 e. The average molecular weight is 117 g/mol. The van der Waals surface area contributed by atoms with Gasteiger partial charge in [-0.3, -0.25) is 0 Å². The van der Waals surface area contributed by atoms with Crippen molar-refractivity contribution in [2.24, 2.45) is 0 Å². The average Bonchev–Trinajstić information content (AvgIpc) is 1.67. The number of carboxylic acids is 1. The van der Waals surface area contributed by atoms with E-state index in [1.54, 1.807) is 0 Å². The molecule has 0 aliphatic carbocycles. The van der Waals surface area contributed by atoms with Gasteiger partial charge in [0, 0.05) is 0 Å². The van der Waals surface area contributed by atoms with Crippen molar-refractivity contribution in [1.82, 2.24) is 0 Å². The quantitative estimate of drug-likeness (QED) is 0.538. The van der Waals surface area contributed by atoms with Crippen LogP contribution in [0.1, 0.15) is 6.92 Å². The zero-order chi connectivity index (χ0) is 6.78. The molecule has 0 bridgehead atoms. The van der Waals surface area contributed by atoms with E-state index in [0.29, 0.717) is 6.92 Å². The van der Waals surface area contributed by atoms with E-state index in [1.807, 2.05) is 0 Å². The lowest BCUT2D eigenvalue weighted by Gasteiger charge is -2.00. The molecular weight excluding hydrogens is 113 g/mol. The van der Waals surface area contributed by atoms with Crippen molar-refractivity contribution in [3.8, 4) is 6.07 Å². The van der Waals surface area contributed by atoms with Crippen molar-refractivity contribution in [3.63, 3.8) is 0 Å². The molecule has 0 spiro atoms. The van der Waals surface area contributed by atoms with Gasteiger partial charge in [-0.15, -0.1) is 0 Å². The maximum Gasteiger partial charge on any atom is 0.356 e. The van der Waals surface area contributed by atoms with E-state index in [1.165, 1.54) is 0 Å². The van der Waals surface area contributed by atoms with Gasteiger partial charge in [0.15, 0.2) is 0 Å². The lowest BCUT2D eigenvalue weighted by molar-refractivity contribution is -0.145. The first-order chi connectivity index (χ1) is 3.50. The van der Waals surface area contributed by atoms with Gasteiger partial charge < -0.3 is 5.11 Å². The standard InChI is InChI=1S/C4H4FNO2/c1-4(5,2-6)3(7)8/h1H3,(H,7,8). The second kappa shape index (κ2) is 1.78. The van der Waals surface area contributed by atoms with E-state index in [9.17, 15) is 9.18 Å². The largest absolute Gasteiger partial charge is 0.478 e. The fourth-order valence-corrected chi connectivity index (χ4v) is 0.0478. The second-order valence-corrected chi connectivity index (χ2v) is 1.42. The first-order valence-corrected chi connectivity index (χ1v) is 1.84. The van der Waals surface area contributed by atoms with E-state index in [-0.39, 0.29) is 0 Å². The van der Waals surface area contributed by atoms with Crippen LogP contribution in [0, 0.1) is 11.3 Å². The second-order valence-electron chi connectivity index (χ2n) is 1.42. The molecule has 0 aromatic carbocycles. The lowest BCUT2D eigenvalue weighted by atomic mass is 10.2. The fourth-order valence-electron chi connectivity index (χ4n) is 0.0478. The van der Waals surface area contributed by atoms with E-state index in [0.717, 1.165) is 6.07 Å². The SMILES string of the molecule is CC(F)(C#N)C(=O)O. The van der Waals surface area contributed by atoms with Gasteiger partial charge >= 0.3 is 5.97 Å². The number of carbonyl (C=O) groups is 1. The van der Waals surface area contributed by atoms with Gasteiger partial charge in [0.05, 0.1) is 0 Å². The third-order valence-electron chi connectivity index (χ3n) is 0.612. The molecule has 1 N–H and O–H groups in total. The van der Waals surface area contributed by atoms with Crippen LogP contribution in [-0.2, 0) is 4.79 Å². The molecule has 0 fully saturated rings. The monoisotopic (exact) mass is 117 g/mol. The summed E-state index contributed by atoms with van der Waals surface area (Å²) >= 11 is 0. The minimum atomic E-state index is -2.74. The molecule has 0 aromatic heterocycles. The topological polar surface area (TPSA) is 61.1 Å². The van der Waals surface area contributed by atoms with Crippen LogP contribution in [0.3, 0.4) is 0 Å². The molecule has 0 saturated carbocycles. The molecule has 0 aliphatic heterocycles. The highest BCUT2D eigenvalue weighted by Gasteiger charge is 2.32. The maximum absolute atomic E-state index is 12.0. The van der Waals surface area contributed by atoms with Crippen LogP contribution in [-0.4, -0.2) is 16.7 Å². The Hall–Kier alpha value is -1.11. The number of alkyl halides is 1. The molecule has 0 amide bonds. The Balaban J connectivity index is 4.19. The first kappa shape index (κ1) is 6.89. The fraction of sp³-hybridized carbons (Fsp3) is 0.500. The van der Waals surface area contributed by atoms with Gasteiger partial charge in [-0.25, -0.2) is 9.18 Å². The summed E-state index contributed by atoms with van der Waals surface area (Å²) in [7, 11) is 0. The molecule has 1 atom stereocenters. The molecule has 0 aromatic rings. The van der Waals surface area contributed by atoms with Crippen LogP contribution in [0.15, 0.2) is 0 Å². The number of halogens is 1. The van der Waals surface area contributed by atoms with Crippen LogP contribution >= 0.6 is 0 Å². The van der Waals surface area contributed by atoms with Crippen molar-refractivity contribution in [2.75, 3.05) is 0 Å². The van der Waals surface area contributed by atoms with Crippen LogP contribution < -0.4 is 0 Å². The molecule has 1 unspecified atom stereocenters. The summed E-state index contributed by atoms with van der Waals surface area (Å²) in [5, 5.41) is 15.6. The van der Waals surface area contributed by atoms with Crippen LogP contribution in [0.5, 0.6) is 0 Å². The molecular formula is C4H4FNO2. The number of hydrogen-bond donors (Lipinski definition) is 1. The van der Waals surface area contributed by atoms with Gasteiger partial charge in [-0.05, 0) is 6.92 Å². The normalized spacial score (nSPS) is 16.1. The Bertz CT molecular complexity index is 147. The summed E-state index contributed by atoms with van der Waals surface area (Å²) in [5.74, 6) is -1.75. The molecule has 0 radical (unpaired) electrons. The van der Waals surface area contributed by atoms with E-state index < -0.39 is 11.6 Å². The number of aliphatic carboxylic acids is 1. The van der Waals surface area contributed by atoms with Crippen molar-refractivity contribution < 1.29 is 14.3 Å². The van der Waals surface area contributed by atoms with E-state index in [2.05, 4.69) is 0 Å².